The first-order valence-electron chi connectivity index (χ1n) is 10.4. The highest BCUT2D eigenvalue weighted by atomic mass is 16.5. The number of carboxylic acid groups (broad SMARTS) is 2. The summed E-state index contributed by atoms with van der Waals surface area (Å²) in [6.45, 7) is 0.729. The lowest BCUT2D eigenvalue weighted by molar-refractivity contribution is -0.147. The number of likely N-dealkylation sites (tertiary alicyclic amines) is 1. The third kappa shape index (κ3) is 6.19. The van der Waals surface area contributed by atoms with Crippen molar-refractivity contribution < 1.29 is 38.5 Å². The fraction of sp³-hybridized carbons (Fsp3) is 0.318. The van der Waals surface area contributed by atoms with Crippen molar-refractivity contribution in [3.8, 4) is 5.75 Å². The van der Waals surface area contributed by atoms with E-state index in [0.29, 0.717) is 30.7 Å². The number of ether oxygens (including phenoxy) is 1. The van der Waals surface area contributed by atoms with Crippen molar-refractivity contribution in [1.29, 1.82) is 5.41 Å². The number of nitrogen functional groups attached to an aromatic ring is 1. The summed E-state index contributed by atoms with van der Waals surface area (Å²) in [6, 6.07) is 6.93. The topological polar surface area (TPSA) is 196 Å². The van der Waals surface area contributed by atoms with E-state index in [4.69, 9.17) is 30.5 Å². The standard InChI is InChI=1S/C22H24N4O8/c23-19(24)12-3-5-13(6-4-12)34-22(32)17-8-7-14(33-17)11-26-9-1-2-16(26)20(29)25-15(21(30)31)10-18(27)28/h3-8,15-16H,1-2,9-11H2,(H3,23,24)(H,25,29)(H,27,28)(H,30,31)/t15-,16-/m1/s1. The molecule has 2 atom stereocenters. The second kappa shape index (κ2) is 10.6. The number of aliphatic carboxylic acids is 2. The first kappa shape index (κ1) is 24.5. The summed E-state index contributed by atoms with van der Waals surface area (Å²) < 4.78 is 10.8. The highest BCUT2D eigenvalue weighted by molar-refractivity contribution is 5.95. The number of furan rings is 1. The molecule has 1 fully saturated rings. The summed E-state index contributed by atoms with van der Waals surface area (Å²) in [4.78, 5) is 48.8. The van der Waals surface area contributed by atoms with Gasteiger partial charge in [-0.1, -0.05) is 0 Å². The van der Waals surface area contributed by atoms with Gasteiger partial charge in [0, 0.05) is 5.56 Å². The molecular weight excluding hydrogens is 448 g/mol. The Labute approximate surface area is 193 Å². The number of nitrogens with two attached hydrogens (primary N) is 1. The van der Waals surface area contributed by atoms with Crippen LogP contribution in [0.25, 0.3) is 0 Å². The molecule has 0 unspecified atom stereocenters. The van der Waals surface area contributed by atoms with Gasteiger partial charge in [0.25, 0.3) is 0 Å². The number of carbonyl (C=O) groups is 4. The Morgan fingerprint density at radius 3 is 2.50 bits per heavy atom. The monoisotopic (exact) mass is 472 g/mol. The molecule has 6 N–H and O–H groups in total. The Balaban J connectivity index is 1.60. The molecule has 12 heteroatoms. The first-order valence-corrected chi connectivity index (χ1v) is 10.4. The van der Waals surface area contributed by atoms with Crippen LogP contribution in [0.4, 0.5) is 0 Å². The number of rotatable bonds is 10. The van der Waals surface area contributed by atoms with Crippen molar-refractivity contribution in [3.05, 3.63) is 53.5 Å². The van der Waals surface area contributed by atoms with Crippen LogP contribution < -0.4 is 15.8 Å². The molecule has 1 aromatic carbocycles. The van der Waals surface area contributed by atoms with Crippen molar-refractivity contribution in [1.82, 2.24) is 10.2 Å². The summed E-state index contributed by atoms with van der Waals surface area (Å²) in [7, 11) is 0. The highest BCUT2D eigenvalue weighted by Gasteiger charge is 2.34. The number of hydrogen-bond donors (Lipinski definition) is 5. The minimum atomic E-state index is -1.53. The predicted octanol–water partition coefficient (Wildman–Crippen LogP) is 0.791. The molecule has 2 heterocycles. The van der Waals surface area contributed by atoms with Gasteiger partial charge in [-0.2, -0.15) is 0 Å². The average Bonchev–Trinajstić information content (AvgIpc) is 3.43. The fourth-order valence-corrected chi connectivity index (χ4v) is 3.59. The van der Waals surface area contributed by atoms with E-state index >= 15 is 0 Å². The lowest BCUT2D eigenvalue weighted by atomic mass is 10.1. The van der Waals surface area contributed by atoms with Crippen LogP contribution in [0.15, 0.2) is 40.8 Å². The molecule has 1 aliphatic rings. The molecule has 3 rings (SSSR count). The Hall–Kier alpha value is -4.19. The number of benzene rings is 1. The Morgan fingerprint density at radius 1 is 1.18 bits per heavy atom. The Kier molecular flexibility index (Phi) is 7.64. The number of amidine groups is 1. The maximum atomic E-state index is 12.6. The zero-order chi connectivity index (χ0) is 24.8. The van der Waals surface area contributed by atoms with Crippen LogP contribution in [0, 0.1) is 5.41 Å². The number of amides is 1. The van der Waals surface area contributed by atoms with Crippen LogP contribution in [0.2, 0.25) is 0 Å². The SMILES string of the molecule is N=C(N)c1ccc(OC(=O)c2ccc(CN3CCC[C@@H]3C(=O)N[C@H](CC(=O)O)C(=O)O)o2)cc1. The molecule has 34 heavy (non-hydrogen) atoms. The van der Waals surface area contributed by atoms with Gasteiger partial charge in [0.15, 0.2) is 0 Å². The summed E-state index contributed by atoms with van der Waals surface area (Å²) >= 11 is 0. The van der Waals surface area contributed by atoms with Gasteiger partial charge in [-0.25, -0.2) is 9.59 Å². The molecule has 1 aromatic heterocycles. The van der Waals surface area contributed by atoms with Crippen LogP contribution in [0.1, 0.15) is 41.1 Å². The third-order valence-corrected chi connectivity index (χ3v) is 5.26. The fourth-order valence-electron chi connectivity index (χ4n) is 3.59. The molecule has 0 saturated carbocycles. The quantitative estimate of drug-likeness (QED) is 0.143. The number of carbonyl (C=O) groups excluding carboxylic acids is 2. The highest BCUT2D eigenvalue weighted by Crippen LogP contribution is 2.22. The van der Waals surface area contributed by atoms with E-state index in [1.807, 2.05) is 0 Å². The molecule has 180 valence electrons. The van der Waals surface area contributed by atoms with Crippen molar-refractivity contribution in [2.24, 2.45) is 5.73 Å². The third-order valence-electron chi connectivity index (χ3n) is 5.26. The van der Waals surface area contributed by atoms with Crippen molar-refractivity contribution in [2.45, 2.75) is 37.9 Å². The van der Waals surface area contributed by atoms with Crippen LogP contribution in [-0.2, 0) is 20.9 Å². The Morgan fingerprint density at radius 2 is 1.88 bits per heavy atom. The minimum absolute atomic E-state index is 0.0433. The van der Waals surface area contributed by atoms with Gasteiger partial charge in [-0.05, 0) is 55.8 Å². The van der Waals surface area contributed by atoms with E-state index in [-0.39, 0.29) is 23.9 Å². The number of esters is 1. The van der Waals surface area contributed by atoms with E-state index in [1.165, 1.54) is 18.2 Å². The normalized spacial score (nSPS) is 16.5. The minimum Gasteiger partial charge on any atom is -0.481 e. The summed E-state index contributed by atoms with van der Waals surface area (Å²) in [5.74, 6) is -3.56. The van der Waals surface area contributed by atoms with Crippen LogP contribution in [0.3, 0.4) is 0 Å². The van der Waals surface area contributed by atoms with Gasteiger partial charge in [-0.3, -0.25) is 19.9 Å². The molecule has 12 nitrogen and oxygen atoms in total. The van der Waals surface area contributed by atoms with Gasteiger partial charge < -0.3 is 30.4 Å². The molecule has 0 bridgehead atoms. The number of nitrogens with one attached hydrogen (secondary N) is 2. The first-order chi connectivity index (χ1) is 16.1. The second-order valence-electron chi connectivity index (χ2n) is 7.72. The van der Waals surface area contributed by atoms with Crippen molar-refractivity contribution in [3.63, 3.8) is 0 Å². The molecule has 1 saturated heterocycles. The van der Waals surface area contributed by atoms with Gasteiger partial charge in [0.1, 0.15) is 23.4 Å². The Bertz CT molecular complexity index is 1090. The predicted molar refractivity (Wildman–Crippen MR) is 116 cm³/mol. The largest absolute Gasteiger partial charge is 0.481 e. The zero-order valence-corrected chi connectivity index (χ0v) is 18.0. The van der Waals surface area contributed by atoms with E-state index < -0.39 is 42.3 Å². The number of nitrogens with zero attached hydrogens (tertiary/aromatic N) is 1. The second-order valence-corrected chi connectivity index (χ2v) is 7.72. The van der Waals surface area contributed by atoms with Gasteiger partial charge in [0.2, 0.25) is 11.7 Å². The summed E-state index contributed by atoms with van der Waals surface area (Å²) in [5, 5.41) is 27.6. The van der Waals surface area contributed by atoms with E-state index in [9.17, 15) is 19.2 Å². The van der Waals surface area contributed by atoms with Gasteiger partial charge in [-0.15, -0.1) is 0 Å². The van der Waals surface area contributed by atoms with Gasteiger partial charge in [0.05, 0.1) is 19.0 Å². The van der Waals surface area contributed by atoms with Crippen LogP contribution in [0.5, 0.6) is 5.75 Å². The zero-order valence-electron chi connectivity index (χ0n) is 18.0. The van der Waals surface area contributed by atoms with Crippen molar-refractivity contribution in [2.75, 3.05) is 6.54 Å². The molecule has 2 aromatic rings. The van der Waals surface area contributed by atoms with E-state index in [2.05, 4.69) is 5.32 Å². The maximum absolute atomic E-state index is 12.6. The van der Waals surface area contributed by atoms with E-state index in [0.717, 1.165) is 0 Å². The number of hydrogen-bond acceptors (Lipinski definition) is 8. The molecule has 0 spiro atoms. The molecule has 1 amide bonds. The number of carboxylic acids is 2. The summed E-state index contributed by atoms with van der Waals surface area (Å²) in [5.41, 5.74) is 5.88. The maximum Gasteiger partial charge on any atom is 0.379 e. The van der Waals surface area contributed by atoms with Gasteiger partial charge >= 0.3 is 17.9 Å². The molecule has 1 aliphatic heterocycles. The van der Waals surface area contributed by atoms with E-state index in [1.54, 1.807) is 23.1 Å². The molecular formula is C22H24N4O8. The molecule has 0 radical (unpaired) electrons. The summed E-state index contributed by atoms with van der Waals surface area (Å²) in [6.07, 6.45) is 0.423. The lowest BCUT2D eigenvalue weighted by Crippen LogP contribution is -2.49. The van der Waals surface area contributed by atoms with Crippen LogP contribution in [-0.4, -0.2) is 63.4 Å². The average molecular weight is 472 g/mol. The smallest absolute Gasteiger partial charge is 0.379 e. The lowest BCUT2D eigenvalue weighted by Gasteiger charge is -2.24. The van der Waals surface area contributed by atoms with Crippen molar-refractivity contribution >= 4 is 29.7 Å². The van der Waals surface area contributed by atoms with Crippen LogP contribution >= 0.6 is 0 Å². The molecule has 0 aliphatic carbocycles.